The minimum Gasteiger partial charge on any atom is -0.486 e. The number of hydrogen-bond donors (Lipinski definition) is 0. The third-order valence-electron chi connectivity index (χ3n) is 2.40. The number of aryl methyl sites for hydroxylation is 1. The summed E-state index contributed by atoms with van der Waals surface area (Å²) in [5.41, 5.74) is 0.982. The standard InChI is InChI=1S/C14H18O4/c1-3-17-14(16)9-8-12(15)10-18-13-7-5-4-6-11(13)2/h4-7H,3,8-10H2,1-2H3. The van der Waals surface area contributed by atoms with Crippen molar-refractivity contribution < 1.29 is 19.1 Å². The van der Waals surface area contributed by atoms with Crippen LogP contribution in [0.15, 0.2) is 24.3 Å². The molecule has 0 unspecified atom stereocenters. The van der Waals surface area contributed by atoms with Gasteiger partial charge in [-0.2, -0.15) is 0 Å². The molecule has 0 aliphatic rings. The van der Waals surface area contributed by atoms with E-state index in [1.165, 1.54) is 0 Å². The van der Waals surface area contributed by atoms with Gasteiger partial charge in [-0.1, -0.05) is 18.2 Å². The molecule has 0 bridgehead atoms. The number of esters is 1. The van der Waals surface area contributed by atoms with Crippen molar-refractivity contribution in [2.24, 2.45) is 0 Å². The van der Waals surface area contributed by atoms with E-state index < -0.39 is 0 Å². The summed E-state index contributed by atoms with van der Waals surface area (Å²) < 4.78 is 10.1. The fourth-order valence-corrected chi connectivity index (χ4v) is 1.42. The fourth-order valence-electron chi connectivity index (χ4n) is 1.42. The van der Waals surface area contributed by atoms with Crippen molar-refractivity contribution in [3.05, 3.63) is 29.8 Å². The van der Waals surface area contributed by atoms with Crippen LogP contribution in [0.5, 0.6) is 5.75 Å². The Kier molecular flexibility index (Phi) is 5.91. The number of ketones is 1. The Morgan fingerprint density at radius 2 is 1.89 bits per heavy atom. The largest absolute Gasteiger partial charge is 0.486 e. The predicted octanol–water partition coefficient (Wildman–Crippen LogP) is 2.29. The van der Waals surface area contributed by atoms with Gasteiger partial charge in [0.2, 0.25) is 0 Å². The molecule has 0 fully saturated rings. The number of para-hydroxylation sites is 1. The summed E-state index contributed by atoms with van der Waals surface area (Å²) >= 11 is 0. The van der Waals surface area contributed by atoms with E-state index in [-0.39, 0.29) is 31.2 Å². The van der Waals surface area contributed by atoms with E-state index in [0.29, 0.717) is 12.4 Å². The molecule has 0 saturated heterocycles. The molecule has 4 heteroatoms. The van der Waals surface area contributed by atoms with Crippen LogP contribution in [0.25, 0.3) is 0 Å². The van der Waals surface area contributed by atoms with Crippen LogP contribution in [0.3, 0.4) is 0 Å². The second-order valence-electron chi connectivity index (χ2n) is 3.90. The van der Waals surface area contributed by atoms with Crippen LogP contribution in [-0.2, 0) is 14.3 Å². The molecule has 0 aliphatic carbocycles. The van der Waals surface area contributed by atoms with Crippen molar-refractivity contribution in [1.82, 2.24) is 0 Å². The normalized spacial score (nSPS) is 9.89. The Balaban J connectivity index is 2.29. The SMILES string of the molecule is CCOC(=O)CCC(=O)COc1ccccc1C. The van der Waals surface area contributed by atoms with Crippen LogP contribution in [0.2, 0.25) is 0 Å². The van der Waals surface area contributed by atoms with Gasteiger partial charge in [0.25, 0.3) is 0 Å². The van der Waals surface area contributed by atoms with Gasteiger partial charge in [0, 0.05) is 6.42 Å². The van der Waals surface area contributed by atoms with Gasteiger partial charge in [0.1, 0.15) is 12.4 Å². The number of benzene rings is 1. The van der Waals surface area contributed by atoms with Gasteiger partial charge in [-0.25, -0.2) is 0 Å². The van der Waals surface area contributed by atoms with Crippen LogP contribution >= 0.6 is 0 Å². The van der Waals surface area contributed by atoms with Crippen LogP contribution in [0.4, 0.5) is 0 Å². The van der Waals surface area contributed by atoms with Crippen molar-refractivity contribution in [2.75, 3.05) is 13.2 Å². The molecule has 0 spiro atoms. The predicted molar refractivity (Wildman–Crippen MR) is 67.5 cm³/mol. The second-order valence-corrected chi connectivity index (χ2v) is 3.90. The van der Waals surface area contributed by atoms with Crippen LogP contribution in [-0.4, -0.2) is 25.0 Å². The van der Waals surface area contributed by atoms with E-state index in [1.807, 2.05) is 31.2 Å². The minimum atomic E-state index is -0.346. The molecule has 1 aromatic carbocycles. The first kappa shape index (κ1) is 14.2. The topological polar surface area (TPSA) is 52.6 Å². The van der Waals surface area contributed by atoms with Crippen LogP contribution in [0, 0.1) is 6.92 Å². The van der Waals surface area contributed by atoms with E-state index in [4.69, 9.17) is 9.47 Å². The van der Waals surface area contributed by atoms with Gasteiger partial charge in [-0.3, -0.25) is 9.59 Å². The lowest BCUT2D eigenvalue weighted by Gasteiger charge is -2.07. The van der Waals surface area contributed by atoms with E-state index in [0.717, 1.165) is 5.56 Å². The molecular weight excluding hydrogens is 232 g/mol. The minimum absolute atomic E-state index is 0.00966. The fraction of sp³-hybridized carbons (Fsp3) is 0.429. The molecule has 0 amide bonds. The second kappa shape index (κ2) is 7.48. The lowest BCUT2D eigenvalue weighted by molar-refractivity contribution is -0.144. The monoisotopic (exact) mass is 250 g/mol. The van der Waals surface area contributed by atoms with Gasteiger partial charge < -0.3 is 9.47 Å². The maximum atomic E-state index is 11.5. The summed E-state index contributed by atoms with van der Waals surface area (Å²) in [4.78, 5) is 22.6. The summed E-state index contributed by atoms with van der Waals surface area (Å²) in [6, 6.07) is 7.49. The van der Waals surface area contributed by atoms with Crippen molar-refractivity contribution >= 4 is 11.8 Å². The summed E-state index contributed by atoms with van der Waals surface area (Å²) in [7, 11) is 0. The molecule has 98 valence electrons. The molecule has 4 nitrogen and oxygen atoms in total. The molecule has 0 N–H and O–H groups in total. The summed E-state index contributed by atoms with van der Waals surface area (Å²) in [5, 5.41) is 0. The number of rotatable bonds is 7. The van der Waals surface area contributed by atoms with Crippen molar-refractivity contribution in [3.63, 3.8) is 0 Å². The number of hydrogen-bond acceptors (Lipinski definition) is 4. The third-order valence-corrected chi connectivity index (χ3v) is 2.40. The first-order valence-corrected chi connectivity index (χ1v) is 5.99. The van der Waals surface area contributed by atoms with Crippen LogP contribution < -0.4 is 4.74 Å². The zero-order valence-corrected chi connectivity index (χ0v) is 10.8. The number of carbonyl (C=O) groups excluding carboxylic acids is 2. The first-order valence-electron chi connectivity index (χ1n) is 5.99. The van der Waals surface area contributed by atoms with E-state index in [1.54, 1.807) is 6.92 Å². The molecule has 0 saturated carbocycles. The molecule has 0 atom stereocenters. The zero-order valence-electron chi connectivity index (χ0n) is 10.8. The zero-order chi connectivity index (χ0) is 13.4. The highest BCUT2D eigenvalue weighted by Gasteiger charge is 2.08. The Morgan fingerprint density at radius 1 is 1.17 bits per heavy atom. The van der Waals surface area contributed by atoms with E-state index in [9.17, 15) is 9.59 Å². The first-order chi connectivity index (χ1) is 8.63. The highest BCUT2D eigenvalue weighted by Crippen LogP contribution is 2.16. The van der Waals surface area contributed by atoms with Gasteiger partial charge in [-0.05, 0) is 25.5 Å². The number of Topliss-reactive ketones (excluding diaryl/α,β-unsaturated/α-hetero) is 1. The van der Waals surface area contributed by atoms with Crippen LogP contribution in [0.1, 0.15) is 25.3 Å². The summed E-state index contributed by atoms with van der Waals surface area (Å²) in [6.45, 7) is 3.98. The van der Waals surface area contributed by atoms with Crippen molar-refractivity contribution in [2.45, 2.75) is 26.7 Å². The third kappa shape index (κ3) is 4.99. The van der Waals surface area contributed by atoms with Gasteiger partial charge in [0.05, 0.1) is 13.0 Å². The average molecular weight is 250 g/mol. The smallest absolute Gasteiger partial charge is 0.306 e. The maximum absolute atomic E-state index is 11.5. The highest BCUT2D eigenvalue weighted by atomic mass is 16.5. The van der Waals surface area contributed by atoms with E-state index in [2.05, 4.69) is 0 Å². The Labute approximate surface area is 107 Å². The Morgan fingerprint density at radius 3 is 2.56 bits per heavy atom. The highest BCUT2D eigenvalue weighted by molar-refractivity contribution is 5.84. The lowest BCUT2D eigenvalue weighted by atomic mass is 10.2. The Hall–Kier alpha value is -1.84. The number of ether oxygens (including phenoxy) is 2. The molecule has 1 aromatic rings. The molecule has 1 rings (SSSR count). The quantitative estimate of drug-likeness (QED) is 0.697. The number of carbonyl (C=O) groups is 2. The Bertz CT molecular complexity index is 412. The van der Waals surface area contributed by atoms with Gasteiger partial charge >= 0.3 is 5.97 Å². The molecule has 0 aliphatic heterocycles. The van der Waals surface area contributed by atoms with E-state index >= 15 is 0 Å². The van der Waals surface area contributed by atoms with Crippen molar-refractivity contribution in [1.29, 1.82) is 0 Å². The maximum Gasteiger partial charge on any atom is 0.306 e. The summed E-state index contributed by atoms with van der Waals surface area (Å²) in [6.07, 6.45) is 0.272. The summed E-state index contributed by atoms with van der Waals surface area (Å²) in [5.74, 6) is 0.245. The lowest BCUT2D eigenvalue weighted by Crippen LogP contribution is -2.14. The molecule has 0 heterocycles. The molecule has 18 heavy (non-hydrogen) atoms. The van der Waals surface area contributed by atoms with Gasteiger partial charge in [0.15, 0.2) is 5.78 Å². The molecule has 0 radical (unpaired) electrons. The van der Waals surface area contributed by atoms with Crippen molar-refractivity contribution in [3.8, 4) is 5.75 Å². The molecular formula is C14H18O4. The molecule has 0 aromatic heterocycles. The van der Waals surface area contributed by atoms with Gasteiger partial charge in [-0.15, -0.1) is 0 Å². The average Bonchev–Trinajstić information content (AvgIpc) is 2.36.